The van der Waals surface area contributed by atoms with E-state index in [1.165, 1.54) is 12.1 Å². The maximum absolute atomic E-state index is 12.7. The summed E-state index contributed by atoms with van der Waals surface area (Å²) in [5.74, 6) is 0.176. The van der Waals surface area contributed by atoms with Crippen molar-refractivity contribution in [2.45, 2.75) is 13.1 Å². The SMILES string of the molecule is COCC(C)CNc1ccc(C#N)c(C(F)(F)F)c1. The van der Waals surface area contributed by atoms with Crippen molar-refractivity contribution in [3.63, 3.8) is 0 Å². The number of nitriles is 1. The second-order valence-electron chi connectivity index (χ2n) is 4.31. The molecule has 0 amide bonds. The lowest BCUT2D eigenvalue weighted by Gasteiger charge is -2.15. The molecule has 0 aliphatic heterocycles. The lowest BCUT2D eigenvalue weighted by atomic mass is 10.1. The number of alkyl halides is 3. The number of methoxy groups -OCH3 is 1. The Morgan fingerprint density at radius 2 is 2.11 bits per heavy atom. The lowest BCUT2D eigenvalue weighted by Crippen LogP contribution is -2.16. The van der Waals surface area contributed by atoms with Gasteiger partial charge in [0.2, 0.25) is 0 Å². The summed E-state index contributed by atoms with van der Waals surface area (Å²) in [6, 6.07) is 5.14. The van der Waals surface area contributed by atoms with E-state index in [0.29, 0.717) is 18.8 Å². The largest absolute Gasteiger partial charge is 0.417 e. The van der Waals surface area contributed by atoms with E-state index in [2.05, 4.69) is 5.32 Å². The van der Waals surface area contributed by atoms with Crippen LogP contribution in [0.3, 0.4) is 0 Å². The summed E-state index contributed by atoms with van der Waals surface area (Å²) in [7, 11) is 1.57. The van der Waals surface area contributed by atoms with Gasteiger partial charge in [0.25, 0.3) is 0 Å². The number of ether oxygens (including phenoxy) is 1. The second kappa shape index (κ2) is 6.43. The fourth-order valence-electron chi connectivity index (χ4n) is 1.62. The first-order valence-electron chi connectivity index (χ1n) is 5.72. The number of nitrogens with one attached hydrogen (secondary N) is 1. The zero-order valence-electron chi connectivity index (χ0n) is 10.7. The van der Waals surface area contributed by atoms with Gasteiger partial charge < -0.3 is 10.1 Å². The smallest absolute Gasteiger partial charge is 0.385 e. The first-order valence-corrected chi connectivity index (χ1v) is 5.72. The molecular formula is C13H15F3N2O. The molecule has 0 spiro atoms. The Morgan fingerprint density at radius 3 is 2.63 bits per heavy atom. The van der Waals surface area contributed by atoms with Crippen molar-refractivity contribution >= 4 is 5.69 Å². The third kappa shape index (κ3) is 4.45. The number of anilines is 1. The van der Waals surface area contributed by atoms with Crippen LogP contribution < -0.4 is 5.32 Å². The van der Waals surface area contributed by atoms with Crippen molar-refractivity contribution in [1.82, 2.24) is 0 Å². The Hall–Kier alpha value is -1.74. The number of halogens is 3. The van der Waals surface area contributed by atoms with Gasteiger partial charge in [0, 0.05) is 19.3 Å². The maximum Gasteiger partial charge on any atom is 0.417 e. The van der Waals surface area contributed by atoms with E-state index < -0.39 is 11.7 Å². The fraction of sp³-hybridized carbons (Fsp3) is 0.462. The molecule has 0 radical (unpaired) electrons. The van der Waals surface area contributed by atoms with E-state index in [-0.39, 0.29) is 11.5 Å². The molecule has 0 saturated carbocycles. The standard InChI is InChI=1S/C13H15F3N2O/c1-9(8-19-2)7-18-11-4-3-10(6-17)12(5-11)13(14,15)16/h3-5,9,18H,7-8H2,1-2H3. The van der Waals surface area contributed by atoms with E-state index in [0.717, 1.165) is 6.07 Å². The van der Waals surface area contributed by atoms with Gasteiger partial charge in [0.15, 0.2) is 0 Å². The molecule has 0 aliphatic rings. The maximum atomic E-state index is 12.7. The van der Waals surface area contributed by atoms with Gasteiger partial charge in [0.05, 0.1) is 23.8 Å². The molecule has 19 heavy (non-hydrogen) atoms. The summed E-state index contributed by atoms with van der Waals surface area (Å²) < 4.78 is 43.2. The van der Waals surface area contributed by atoms with Crippen LogP contribution >= 0.6 is 0 Å². The van der Waals surface area contributed by atoms with E-state index >= 15 is 0 Å². The van der Waals surface area contributed by atoms with Crippen LogP contribution in [0.5, 0.6) is 0 Å². The fourth-order valence-corrected chi connectivity index (χ4v) is 1.62. The molecule has 0 bridgehead atoms. The molecule has 6 heteroatoms. The molecule has 3 nitrogen and oxygen atoms in total. The summed E-state index contributed by atoms with van der Waals surface area (Å²) in [6.45, 7) is 2.94. The van der Waals surface area contributed by atoms with Gasteiger partial charge in [-0.3, -0.25) is 0 Å². The molecule has 1 unspecified atom stereocenters. The van der Waals surface area contributed by atoms with E-state index in [9.17, 15) is 13.2 Å². The van der Waals surface area contributed by atoms with E-state index in [1.807, 2.05) is 6.92 Å². The Labute approximate surface area is 110 Å². The summed E-state index contributed by atoms with van der Waals surface area (Å²) in [4.78, 5) is 0. The van der Waals surface area contributed by atoms with Crippen LogP contribution in [0.1, 0.15) is 18.1 Å². The molecule has 0 aromatic heterocycles. The van der Waals surface area contributed by atoms with Crippen molar-refractivity contribution in [3.05, 3.63) is 29.3 Å². The van der Waals surface area contributed by atoms with Crippen molar-refractivity contribution in [2.24, 2.45) is 5.92 Å². The van der Waals surface area contributed by atoms with Gasteiger partial charge in [-0.2, -0.15) is 18.4 Å². The molecule has 1 N–H and O–H groups in total. The van der Waals surface area contributed by atoms with E-state index in [4.69, 9.17) is 10.00 Å². The van der Waals surface area contributed by atoms with Crippen LogP contribution in [0.4, 0.5) is 18.9 Å². The first-order chi connectivity index (χ1) is 8.88. The quantitative estimate of drug-likeness (QED) is 0.894. The average Bonchev–Trinajstić information content (AvgIpc) is 2.35. The van der Waals surface area contributed by atoms with Crippen molar-refractivity contribution < 1.29 is 17.9 Å². The first kappa shape index (κ1) is 15.3. The number of hydrogen-bond acceptors (Lipinski definition) is 3. The molecule has 0 heterocycles. The minimum atomic E-state index is -4.53. The molecule has 0 saturated heterocycles. The predicted molar refractivity (Wildman–Crippen MR) is 65.7 cm³/mol. The number of hydrogen-bond donors (Lipinski definition) is 1. The van der Waals surface area contributed by atoms with Gasteiger partial charge in [-0.1, -0.05) is 6.92 Å². The molecule has 104 valence electrons. The molecule has 1 aromatic carbocycles. The van der Waals surface area contributed by atoms with Crippen molar-refractivity contribution in [3.8, 4) is 6.07 Å². The highest BCUT2D eigenvalue weighted by molar-refractivity contribution is 5.53. The van der Waals surface area contributed by atoms with Crippen LogP contribution in [0.25, 0.3) is 0 Å². The predicted octanol–water partition coefficient (Wildman–Crippen LogP) is 3.27. The summed E-state index contributed by atoms with van der Waals surface area (Å²) in [5, 5.41) is 11.6. The Morgan fingerprint density at radius 1 is 1.42 bits per heavy atom. The number of nitrogens with zero attached hydrogens (tertiary/aromatic N) is 1. The van der Waals surface area contributed by atoms with Crippen molar-refractivity contribution in [1.29, 1.82) is 5.26 Å². The van der Waals surface area contributed by atoms with Crippen LogP contribution in [0.2, 0.25) is 0 Å². The van der Waals surface area contributed by atoms with Gasteiger partial charge in [-0.05, 0) is 24.1 Å². The van der Waals surface area contributed by atoms with Crippen LogP contribution in [-0.2, 0) is 10.9 Å². The zero-order valence-corrected chi connectivity index (χ0v) is 10.7. The molecule has 1 aromatic rings. The summed E-state index contributed by atoms with van der Waals surface area (Å²) in [6.07, 6.45) is -4.53. The molecular weight excluding hydrogens is 257 g/mol. The second-order valence-corrected chi connectivity index (χ2v) is 4.31. The Kier molecular flexibility index (Phi) is 5.19. The van der Waals surface area contributed by atoms with Gasteiger partial charge in [-0.25, -0.2) is 0 Å². The minimum Gasteiger partial charge on any atom is -0.385 e. The highest BCUT2D eigenvalue weighted by Crippen LogP contribution is 2.33. The minimum absolute atomic E-state index is 0.176. The van der Waals surface area contributed by atoms with Gasteiger partial charge in [0.1, 0.15) is 0 Å². The monoisotopic (exact) mass is 272 g/mol. The molecule has 1 rings (SSSR count). The van der Waals surface area contributed by atoms with Gasteiger partial charge >= 0.3 is 6.18 Å². The number of benzene rings is 1. The van der Waals surface area contributed by atoms with Gasteiger partial charge in [-0.15, -0.1) is 0 Å². The number of rotatable bonds is 5. The van der Waals surface area contributed by atoms with Crippen molar-refractivity contribution in [2.75, 3.05) is 25.6 Å². The van der Waals surface area contributed by atoms with Crippen LogP contribution in [0, 0.1) is 17.2 Å². The summed E-state index contributed by atoms with van der Waals surface area (Å²) >= 11 is 0. The normalized spacial score (nSPS) is 12.8. The summed E-state index contributed by atoms with van der Waals surface area (Å²) in [5.41, 5.74) is -0.948. The molecule has 1 atom stereocenters. The van der Waals surface area contributed by atoms with E-state index in [1.54, 1.807) is 13.2 Å². The van der Waals surface area contributed by atoms with Crippen LogP contribution in [0.15, 0.2) is 18.2 Å². The van der Waals surface area contributed by atoms with Crippen LogP contribution in [-0.4, -0.2) is 20.3 Å². The molecule has 0 aliphatic carbocycles. The highest BCUT2D eigenvalue weighted by atomic mass is 19.4. The topological polar surface area (TPSA) is 45.0 Å². The highest BCUT2D eigenvalue weighted by Gasteiger charge is 2.33. The Bertz CT molecular complexity index is 466. The zero-order chi connectivity index (χ0) is 14.5. The molecule has 0 fully saturated rings. The lowest BCUT2D eigenvalue weighted by molar-refractivity contribution is -0.137. The average molecular weight is 272 g/mol. The third-order valence-electron chi connectivity index (χ3n) is 2.55. The third-order valence-corrected chi connectivity index (χ3v) is 2.55. The Balaban J connectivity index is 2.85.